The Morgan fingerprint density at radius 3 is 2.71 bits per heavy atom. The van der Waals surface area contributed by atoms with Crippen LogP contribution in [0.1, 0.15) is 42.9 Å². The molecule has 1 unspecified atom stereocenters. The van der Waals surface area contributed by atoms with Gasteiger partial charge in [0.1, 0.15) is 17.1 Å². The van der Waals surface area contributed by atoms with Crippen molar-refractivity contribution in [2.75, 3.05) is 6.54 Å². The predicted octanol–water partition coefficient (Wildman–Crippen LogP) is 4.71. The molecule has 0 fully saturated rings. The Hall–Kier alpha value is -2.21. The molecule has 150 valence electrons. The number of fused-ring (bicyclic) bond motifs is 1. The molecule has 0 spiro atoms. The normalized spacial score (nSPS) is 16.3. The number of carboxylic acid groups (broad SMARTS) is 1. The number of alkyl halides is 1. The quantitative estimate of drug-likeness (QED) is 0.707. The molecular weight excluding hydrogens is 381 g/mol. The summed E-state index contributed by atoms with van der Waals surface area (Å²) in [6, 6.07) is 9.18. The summed E-state index contributed by atoms with van der Waals surface area (Å²) in [5.74, 6) is 0.317. The van der Waals surface area contributed by atoms with Crippen molar-refractivity contribution in [1.82, 2.24) is 14.9 Å². The topological polar surface area (TPSA) is 66.3 Å². The van der Waals surface area contributed by atoms with Gasteiger partial charge in [-0.05, 0) is 30.2 Å². The molecule has 1 aromatic carbocycles. The van der Waals surface area contributed by atoms with Gasteiger partial charge < -0.3 is 5.11 Å². The highest BCUT2D eigenvalue weighted by Gasteiger charge is 2.29. The zero-order valence-corrected chi connectivity index (χ0v) is 16.9. The van der Waals surface area contributed by atoms with E-state index in [9.17, 15) is 14.3 Å². The summed E-state index contributed by atoms with van der Waals surface area (Å²) in [5, 5.41) is 9.87. The van der Waals surface area contributed by atoms with E-state index in [4.69, 9.17) is 11.6 Å². The molecule has 0 bridgehead atoms. The van der Waals surface area contributed by atoms with Crippen LogP contribution >= 0.6 is 11.6 Å². The Kier molecular flexibility index (Phi) is 6.18. The lowest BCUT2D eigenvalue weighted by molar-refractivity contribution is 0.123. The van der Waals surface area contributed by atoms with Gasteiger partial charge in [-0.2, -0.15) is 0 Å². The summed E-state index contributed by atoms with van der Waals surface area (Å²) in [7, 11) is 0. The standard InChI is InChI=1S/C21H25ClFN3O2/c1-21(2)9-8-17-16(11-21)19(22)25-18(24-17)13-26(20(27)28)12-15(23)10-14-6-4-3-5-7-14/h3-7,15H,8-13H2,1-2H3,(H,27,28). The molecule has 1 atom stereocenters. The average molecular weight is 406 g/mol. The highest BCUT2D eigenvalue weighted by molar-refractivity contribution is 6.30. The van der Waals surface area contributed by atoms with Gasteiger partial charge in [-0.1, -0.05) is 55.8 Å². The maximum atomic E-state index is 14.5. The number of rotatable bonds is 6. The number of nitrogens with zero attached hydrogens (tertiary/aromatic N) is 3. The van der Waals surface area contributed by atoms with E-state index >= 15 is 0 Å². The van der Waals surface area contributed by atoms with Gasteiger partial charge in [0.05, 0.1) is 13.1 Å². The number of aromatic nitrogens is 2. The molecular formula is C21H25ClFN3O2. The third-order valence-electron chi connectivity index (χ3n) is 5.10. The van der Waals surface area contributed by atoms with Crippen molar-refractivity contribution in [3.63, 3.8) is 0 Å². The highest BCUT2D eigenvalue weighted by atomic mass is 35.5. The first kappa shape index (κ1) is 20.5. The maximum Gasteiger partial charge on any atom is 0.407 e. The Bertz CT molecular complexity index is 845. The number of halogens is 2. The molecule has 1 amide bonds. The third-order valence-corrected chi connectivity index (χ3v) is 5.42. The summed E-state index contributed by atoms with van der Waals surface area (Å²) < 4.78 is 14.5. The second-order valence-corrected chi connectivity index (χ2v) is 8.50. The summed E-state index contributed by atoms with van der Waals surface area (Å²) >= 11 is 6.36. The number of benzene rings is 1. The van der Waals surface area contributed by atoms with E-state index < -0.39 is 12.3 Å². The van der Waals surface area contributed by atoms with Crippen molar-refractivity contribution in [1.29, 1.82) is 0 Å². The molecule has 3 rings (SSSR count). The molecule has 0 saturated heterocycles. The Morgan fingerprint density at radius 1 is 1.32 bits per heavy atom. The van der Waals surface area contributed by atoms with Crippen molar-refractivity contribution in [3.05, 3.63) is 58.1 Å². The smallest absolute Gasteiger partial charge is 0.407 e. The zero-order chi connectivity index (χ0) is 20.3. The fourth-order valence-corrected chi connectivity index (χ4v) is 3.85. The van der Waals surface area contributed by atoms with Crippen LogP contribution in [0.15, 0.2) is 30.3 Å². The number of hydrogen-bond donors (Lipinski definition) is 1. The molecule has 28 heavy (non-hydrogen) atoms. The first-order valence-corrected chi connectivity index (χ1v) is 9.81. The minimum atomic E-state index is -1.31. The average Bonchev–Trinajstić information content (AvgIpc) is 2.62. The van der Waals surface area contributed by atoms with Crippen LogP contribution in [-0.4, -0.2) is 38.8 Å². The van der Waals surface area contributed by atoms with E-state index in [1.54, 1.807) is 0 Å². The van der Waals surface area contributed by atoms with Crippen LogP contribution in [0.25, 0.3) is 0 Å². The Balaban J connectivity index is 1.71. The van der Waals surface area contributed by atoms with Gasteiger partial charge in [0.25, 0.3) is 0 Å². The second-order valence-electron chi connectivity index (χ2n) is 8.15. The molecule has 0 saturated carbocycles. The van der Waals surface area contributed by atoms with Gasteiger partial charge >= 0.3 is 6.09 Å². The first-order chi connectivity index (χ1) is 13.2. The van der Waals surface area contributed by atoms with E-state index in [2.05, 4.69) is 23.8 Å². The van der Waals surface area contributed by atoms with Gasteiger partial charge in [0.2, 0.25) is 0 Å². The van der Waals surface area contributed by atoms with Crippen molar-refractivity contribution in [2.24, 2.45) is 5.41 Å². The molecule has 1 aliphatic rings. The lowest BCUT2D eigenvalue weighted by Crippen LogP contribution is -2.36. The monoisotopic (exact) mass is 405 g/mol. The molecule has 5 nitrogen and oxygen atoms in total. The zero-order valence-electron chi connectivity index (χ0n) is 16.2. The van der Waals surface area contributed by atoms with Crippen LogP contribution in [-0.2, 0) is 25.8 Å². The summed E-state index contributed by atoms with van der Waals surface area (Å²) in [6.45, 7) is 4.04. The lowest BCUT2D eigenvalue weighted by atomic mass is 9.76. The number of amides is 1. The molecule has 1 N–H and O–H groups in total. The fourth-order valence-electron chi connectivity index (χ4n) is 3.58. The van der Waals surface area contributed by atoms with Gasteiger partial charge in [0, 0.05) is 17.7 Å². The van der Waals surface area contributed by atoms with E-state index in [1.165, 1.54) is 0 Å². The fraction of sp³-hybridized carbons (Fsp3) is 0.476. The van der Waals surface area contributed by atoms with Crippen molar-refractivity contribution >= 4 is 17.7 Å². The van der Waals surface area contributed by atoms with Crippen LogP contribution in [0.3, 0.4) is 0 Å². The van der Waals surface area contributed by atoms with Crippen molar-refractivity contribution in [2.45, 2.75) is 52.2 Å². The lowest BCUT2D eigenvalue weighted by Gasteiger charge is -2.31. The molecule has 2 aromatic rings. The van der Waals surface area contributed by atoms with E-state index in [1.807, 2.05) is 30.3 Å². The van der Waals surface area contributed by atoms with Crippen LogP contribution in [0.2, 0.25) is 5.15 Å². The maximum absolute atomic E-state index is 14.5. The van der Waals surface area contributed by atoms with E-state index in [-0.39, 0.29) is 24.9 Å². The molecule has 1 aliphatic carbocycles. The summed E-state index contributed by atoms with van der Waals surface area (Å²) in [6.07, 6.45) is 0.213. The highest BCUT2D eigenvalue weighted by Crippen LogP contribution is 2.36. The largest absolute Gasteiger partial charge is 0.465 e. The van der Waals surface area contributed by atoms with Crippen molar-refractivity contribution in [3.8, 4) is 0 Å². The second kappa shape index (κ2) is 8.43. The van der Waals surface area contributed by atoms with Crippen LogP contribution < -0.4 is 0 Å². The van der Waals surface area contributed by atoms with Crippen LogP contribution in [0, 0.1) is 5.41 Å². The molecule has 0 aliphatic heterocycles. The van der Waals surface area contributed by atoms with Gasteiger partial charge in [-0.3, -0.25) is 4.90 Å². The van der Waals surface area contributed by atoms with E-state index in [0.29, 0.717) is 11.0 Å². The van der Waals surface area contributed by atoms with Crippen molar-refractivity contribution < 1.29 is 14.3 Å². The molecule has 0 radical (unpaired) electrons. The third kappa shape index (κ3) is 5.19. The molecule has 7 heteroatoms. The number of hydrogen-bond acceptors (Lipinski definition) is 3. The number of carbonyl (C=O) groups is 1. The molecule has 1 aromatic heterocycles. The summed E-state index contributed by atoms with van der Waals surface area (Å²) in [4.78, 5) is 21.5. The van der Waals surface area contributed by atoms with Gasteiger partial charge in [-0.25, -0.2) is 19.2 Å². The Labute approximate surface area is 169 Å². The minimum Gasteiger partial charge on any atom is -0.465 e. The summed E-state index contributed by atoms with van der Waals surface area (Å²) in [5.41, 5.74) is 2.79. The SMILES string of the molecule is CC1(C)CCc2nc(CN(CC(F)Cc3ccccc3)C(=O)O)nc(Cl)c2C1. The van der Waals surface area contributed by atoms with Crippen LogP contribution in [0.5, 0.6) is 0 Å². The Morgan fingerprint density at radius 2 is 2.04 bits per heavy atom. The minimum absolute atomic E-state index is 0.0824. The van der Waals surface area contributed by atoms with Gasteiger partial charge in [0.15, 0.2) is 0 Å². The van der Waals surface area contributed by atoms with Crippen LogP contribution in [0.4, 0.5) is 9.18 Å². The number of aryl methyl sites for hydroxylation is 1. The van der Waals surface area contributed by atoms with Gasteiger partial charge in [-0.15, -0.1) is 0 Å². The van der Waals surface area contributed by atoms with E-state index in [0.717, 1.165) is 41.0 Å². The molecule has 1 heterocycles. The first-order valence-electron chi connectivity index (χ1n) is 9.43. The predicted molar refractivity (Wildman–Crippen MR) is 106 cm³/mol.